The second kappa shape index (κ2) is 6.88. The van der Waals surface area contributed by atoms with Gasteiger partial charge in [-0.05, 0) is 29.7 Å². The highest BCUT2D eigenvalue weighted by Gasteiger charge is 2.34. The fourth-order valence-corrected chi connectivity index (χ4v) is 4.68. The number of carbonyl (C=O) groups excluding carboxylic acids is 1. The van der Waals surface area contributed by atoms with Gasteiger partial charge in [-0.1, -0.05) is 36.4 Å². The maximum Gasteiger partial charge on any atom is 0.264 e. The van der Waals surface area contributed by atoms with E-state index in [-0.39, 0.29) is 12.5 Å². The molecule has 0 fully saturated rings. The van der Waals surface area contributed by atoms with Gasteiger partial charge in [0.05, 0.1) is 11.9 Å². The first-order chi connectivity index (χ1) is 12.9. The smallest absolute Gasteiger partial charge is 0.264 e. The van der Waals surface area contributed by atoms with Gasteiger partial charge in [-0.15, -0.1) is 0 Å². The summed E-state index contributed by atoms with van der Waals surface area (Å²) in [6.07, 6.45) is 1.62. The largest absolute Gasteiger partial charge is 0.478 e. The van der Waals surface area contributed by atoms with Crippen molar-refractivity contribution >= 4 is 21.6 Å². The molecule has 0 saturated carbocycles. The Labute approximate surface area is 159 Å². The predicted molar refractivity (Wildman–Crippen MR) is 103 cm³/mol. The third-order valence-corrected chi connectivity index (χ3v) is 6.30. The van der Waals surface area contributed by atoms with Crippen molar-refractivity contribution in [1.29, 1.82) is 0 Å². The number of ether oxygens (including phenoxy) is 1. The molecular weight excluding hydrogens is 364 g/mol. The third-order valence-electron chi connectivity index (χ3n) is 5.12. The fourth-order valence-electron chi connectivity index (χ4n) is 3.74. The minimum atomic E-state index is -3.45. The zero-order valence-corrected chi connectivity index (χ0v) is 16.0. The van der Waals surface area contributed by atoms with Crippen LogP contribution in [0, 0.1) is 0 Å². The molecule has 0 spiro atoms. The first-order valence-corrected chi connectivity index (χ1v) is 10.9. The number of para-hydroxylation sites is 2. The van der Waals surface area contributed by atoms with Crippen LogP contribution in [0.5, 0.6) is 5.75 Å². The fraction of sp³-hybridized carbons (Fsp3) is 0.350. The summed E-state index contributed by atoms with van der Waals surface area (Å²) in [5, 5.41) is 0. The average Bonchev–Trinajstić information content (AvgIpc) is 2.86. The van der Waals surface area contributed by atoms with Crippen molar-refractivity contribution < 1.29 is 17.9 Å². The maximum atomic E-state index is 13.1. The molecule has 7 heteroatoms. The number of hydrogen-bond donors (Lipinski definition) is 0. The third kappa shape index (κ3) is 3.51. The van der Waals surface area contributed by atoms with Gasteiger partial charge < -0.3 is 9.64 Å². The standard InChI is InChI=1S/C20H22N2O4S/c1-27(24,25)22-13-11-19(26-18-9-5-4-8-17(18)22)20(23)21-12-10-15-6-2-3-7-16(15)14-21/h2-9,19H,10-14H2,1H3. The lowest BCUT2D eigenvalue weighted by atomic mass is 9.99. The Morgan fingerprint density at radius 1 is 1.04 bits per heavy atom. The van der Waals surface area contributed by atoms with E-state index < -0.39 is 16.1 Å². The van der Waals surface area contributed by atoms with E-state index in [1.165, 1.54) is 16.1 Å². The first kappa shape index (κ1) is 17.9. The van der Waals surface area contributed by atoms with Gasteiger partial charge >= 0.3 is 0 Å². The lowest BCUT2D eigenvalue weighted by molar-refractivity contribution is -0.139. The molecule has 1 atom stereocenters. The molecule has 4 rings (SSSR count). The summed E-state index contributed by atoms with van der Waals surface area (Å²) in [6, 6.07) is 15.1. The molecule has 0 bridgehead atoms. The van der Waals surface area contributed by atoms with Crippen LogP contribution in [0.25, 0.3) is 0 Å². The van der Waals surface area contributed by atoms with Gasteiger partial charge in [-0.2, -0.15) is 0 Å². The molecule has 0 radical (unpaired) electrons. The highest BCUT2D eigenvalue weighted by atomic mass is 32.2. The highest BCUT2D eigenvalue weighted by molar-refractivity contribution is 7.92. The van der Waals surface area contributed by atoms with Crippen molar-refractivity contribution in [1.82, 2.24) is 4.90 Å². The number of carbonyl (C=O) groups is 1. The SMILES string of the molecule is CS(=O)(=O)N1CCC(C(=O)N2CCc3ccccc3C2)Oc2ccccc21. The highest BCUT2D eigenvalue weighted by Crippen LogP contribution is 2.34. The summed E-state index contributed by atoms with van der Waals surface area (Å²) in [7, 11) is -3.45. The van der Waals surface area contributed by atoms with Crippen LogP contribution in [0.1, 0.15) is 17.5 Å². The first-order valence-electron chi connectivity index (χ1n) is 9.02. The Hall–Kier alpha value is -2.54. The number of hydrogen-bond acceptors (Lipinski definition) is 4. The van der Waals surface area contributed by atoms with E-state index in [0.717, 1.165) is 12.0 Å². The van der Waals surface area contributed by atoms with Crippen LogP contribution in [0.15, 0.2) is 48.5 Å². The predicted octanol–water partition coefficient (Wildman–Crippen LogP) is 2.19. The van der Waals surface area contributed by atoms with Crippen molar-refractivity contribution in [2.75, 3.05) is 23.7 Å². The molecule has 2 aliphatic rings. The van der Waals surface area contributed by atoms with Gasteiger partial charge in [0.15, 0.2) is 6.10 Å². The summed E-state index contributed by atoms with van der Waals surface area (Å²) < 4.78 is 31.7. The minimum Gasteiger partial charge on any atom is -0.478 e. The van der Waals surface area contributed by atoms with Crippen molar-refractivity contribution in [3.63, 3.8) is 0 Å². The van der Waals surface area contributed by atoms with Crippen LogP contribution in [0.3, 0.4) is 0 Å². The second-order valence-electron chi connectivity index (χ2n) is 6.98. The van der Waals surface area contributed by atoms with Gasteiger partial charge in [-0.25, -0.2) is 8.42 Å². The number of nitrogens with zero attached hydrogens (tertiary/aromatic N) is 2. The molecule has 0 aromatic heterocycles. The zero-order chi connectivity index (χ0) is 19.0. The summed E-state index contributed by atoms with van der Waals surface area (Å²) in [5.74, 6) is 0.339. The lowest BCUT2D eigenvalue weighted by Gasteiger charge is -2.31. The molecule has 1 amide bonds. The molecule has 1 unspecified atom stereocenters. The van der Waals surface area contributed by atoms with E-state index in [0.29, 0.717) is 30.9 Å². The van der Waals surface area contributed by atoms with E-state index in [1.807, 2.05) is 23.1 Å². The number of benzene rings is 2. The summed E-state index contributed by atoms with van der Waals surface area (Å²) in [4.78, 5) is 14.9. The molecule has 27 heavy (non-hydrogen) atoms. The van der Waals surface area contributed by atoms with Gasteiger partial charge in [0.25, 0.3) is 5.91 Å². The normalized spacial score (nSPS) is 19.5. The van der Waals surface area contributed by atoms with Crippen molar-refractivity contribution in [3.8, 4) is 5.75 Å². The maximum absolute atomic E-state index is 13.1. The van der Waals surface area contributed by atoms with Gasteiger partial charge in [0.2, 0.25) is 10.0 Å². The number of anilines is 1. The van der Waals surface area contributed by atoms with Crippen molar-refractivity contribution in [3.05, 3.63) is 59.7 Å². The van der Waals surface area contributed by atoms with Gasteiger partial charge in [0, 0.05) is 26.1 Å². The summed E-state index contributed by atoms with van der Waals surface area (Å²) >= 11 is 0. The van der Waals surface area contributed by atoms with Crippen LogP contribution in [0.4, 0.5) is 5.69 Å². The summed E-state index contributed by atoms with van der Waals surface area (Å²) in [6.45, 7) is 1.43. The van der Waals surface area contributed by atoms with Crippen LogP contribution < -0.4 is 9.04 Å². The number of rotatable bonds is 2. The number of amides is 1. The molecular formula is C20H22N2O4S. The monoisotopic (exact) mass is 386 g/mol. The number of sulfonamides is 1. The molecule has 0 N–H and O–H groups in total. The molecule has 2 aromatic carbocycles. The molecule has 0 aliphatic carbocycles. The van der Waals surface area contributed by atoms with E-state index in [1.54, 1.807) is 24.3 Å². The minimum absolute atomic E-state index is 0.0883. The molecule has 2 aromatic rings. The van der Waals surface area contributed by atoms with Gasteiger partial charge in [-0.3, -0.25) is 9.10 Å². The zero-order valence-electron chi connectivity index (χ0n) is 15.2. The topological polar surface area (TPSA) is 66.9 Å². The van der Waals surface area contributed by atoms with Crippen molar-refractivity contribution in [2.24, 2.45) is 0 Å². The Balaban J connectivity index is 1.58. The van der Waals surface area contributed by atoms with E-state index in [2.05, 4.69) is 6.07 Å². The average molecular weight is 386 g/mol. The molecule has 142 valence electrons. The molecule has 2 heterocycles. The lowest BCUT2D eigenvalue weighted by Crippen LogP contribution is -2.45. The van der Waals surface area contributed by atoms with Crippen LogP contribution in [0.2, 0.25) is 0 Å². The Bertz CT molecular complexity index is 973. The van der Waals surface area contributed by atoms with E-state index >= 15 is 0 Å². The van der Waals surface area contributed by atoms with Crippen LogP contribution in [-0.4, -0.2) is 44.7 Å². The van der Waals surface area contributed by atoms with E-state index in [9.17, 15) is 13.2 Å². The molecule has 6 nitrogen and oxygen atoms in total. The van der Waals surface area contributed by atoms with Crippen LogP contribution in [-0.2, 0) is 27.8 Å². The van der Waals surface area contributed by atoms with Crippen molar-refractivity contribution in [2.45, 2.75) is 25.5 Å². The number of fused-ring (bicyclic) bond motifs is 2. The Kier molecular flexibility index (Phi) is 4.55. The van der Waals surface area contributed by atoms with E-state index in [4.69, 9.17) is 4.74 Å². The molecule has 2 aliphatic heterocycles. The quantitative estimate of drug-likeness (QED) is 0.794. The Morgan fingerprint density at radius 3 is 2.52 bits per heavy atom. The Morgan fingerprint density at radius 2 is 1.74 bits per heavy atom. The van der Waals surface area contributed by atoms with Gasteiger partial charge in [0.1, 0.15) is 5.75 Å². The summed E-state index contributed by atoms with van der Waals surface area (Å²) in [5.41, 5.74) is 2.92. The van der Waals surface area contributed by atoms with Crippen LogP contribution >= 0.6 is 0 Å². The molecule has 0 saturated heterocycles. The second-order valence-corrected chi connectivity index (χ2v) is 8.88.